The third-order valence-electron chi connectivity index (χ3n) is 3.04. The van der Waals surface area contributed by atoms with Crippen LogP contribution in [0.2, 0.25) is 0 Å². The Labute approximate surface area is 68.4 Å². The Balaban J connectivity index is 2.77. The van der Waals surface area contributed by atoms with E-state index in [0.29, 0.717) is 6.42 Å². The third kappa shape index (κ3) is 1.39. The van der Waals surface area contributed by atoms with Crippen LogP contribution in [-0.4, -0.2) is 12.5 Å². The molecule has 64 valence electrons. The molecule has 0 saturated carbocycles. The molecule has 0 bridgehead atoms. The van der Waals surface area contributed by atoms with E-state index in [1.807, 2.05) is 0 Å². The molecule has 0 aliphatic carbocycles. The fourth-order valence-electron chi connectivity index (χ4n) is 1.30. The highest BCUT2D eigenvalue weighted by atomic mass is 16.1. The number of carbonyl (C=O) groups is 1. The normalized spacial score (nSPS) is 32.2. The first-order valence-corrected chi connectivity index (χ1v) is 4.12. The van der Waals surface area contributed by atoms with Gasteiger partial charge in [-0.25, -0.2) is 0 Å². The summed E-state index contributed by atoms with van der Waals surface area (Å²) in [5, 5.41) is 2.88. The molecule has 2 heteroatoms. The van der Waals surface area contributed by atoms with Crippen LogP contribution in [0.1, 0.15) is 34.1 Å². The van der Waals surface area contributed by atoms with E-state index in [9.17, 15) is 4.79 Å². The van der Waals surface area contributed by atoms with Crippen LogP contribution in [0.5, 0.6) is 0 Å². The smallest absolute Gasteiger partial charge is 0.220 e. The fraction of sp³-hybridized carbons (Fsp3) is 0.889. The molecule has 1 atom stereocenters. The van der Waals surface area contributed by atoms with Crippen molar-refractivity contribution < 1.29 is 4.79 Å². The van der Waals surface area contributed by atoms with Crippen molar-refractivity contribution in [3.8, 4) is 0 Å². The first-order chi connectivity index (χ1) is 4.85. The lowest BCUT2D eigenvalue weighted by Gasteiger charge is -2.36. The second-order valence-corrected chi connectivity index (χ2v) is 4.76. The number of nitrogens with one attached hydrogen (secondary N) is 1. The second-order valence-electron chi connectivity index (χ2n) is 4.76. The van der Waals surface area contributed by atoms with Crippen LogP contribution in [0.4, 0.5) is 0 Å². The van der Waals surface area contributed by atoms with Gasteiger partial charge in [-0.05, 0) is 10.8 Å². The molecule has 1 heterocycles. The Bertz CT molecular complexity index is 180. The zero-order valence-electron chi connectivity index (χ0n) is 7.82. The summed E-state index contributed by atoms with van der Waals surface area (Å²) >= 11 is 0. The van der Waals surface area contributed by atoms with Gasteiger partial charge in [-0.3, -0.25) is 4.79 Å². The van der Waals surface area contributed by atoms with Crippen LogP contribution in [0.3, 0.4) is 0 Å². The predicted octanol–water partition coefficient (Wildman–Crippen LogP) is 1.56. The topological polar surface area (TPSA) is 29.1 Å². The zero-order chi connectivity index (χ0) is 8.70. The first-order valence-electron chi connectivity index (χ1n) is 4.12. The van der Waals surface area contributed by atoms with Gasteiger partial charge in [0.05, 0.1) is 0 Å². The molecule has 2 nitrogen and oxygen atoms in total. The molecule has 1 unspecified atom stereocenters. The van der Waals surface area contributed by atoms with E-state index in [1.165, 1.54) is 0 Å². The number of hydrogen-bond acceptors (Lipinski definition) is 1. The van der Waals surface area contributed by atoms with Crippen molar-refractivity contribution in [2.24, 2.45) is 10.8 Å². The Kier molecular flexibility index (Phi) is 1.73. The summed E-state index contributed by atoms with van der Waals surface area (Å²) in [6.07, 6.45) is 0.677. The first kappa shape index (κ1) is 8.57. The van der Waals surface area contributed by atoms with E-state index in [4.69, 9.17) is 0 Å². The van der Waals surface area contributed by atoms with E-state index < -0.39 is 0 Å². The van der Waals surface area contributed by atoms with Crippen molar-refractivity contribution in [3.63, 3.8) is 0 Å². The van der Waals surface area contributed by atoms with E-state index >= 15 is 0 Å². The molecule has 11 heavy (non-hydrogen) atoms. The van der Waals surface area contributed by atoms with Crippen LogP contribution in [-0.2, 0) is 4.79 Å². The minimum absolute atomic E-state index is 0.143. The van der Waals surface area contributed by atoms with Gasteiger partial charge in [0.1, 0.15) is 0 Å². The van der Waals surface area contributed by atoms with Crippen LogP contribution >= 0.6 is 0 Å². The summed E-state index contributed by atoms with van der Waals surface area (Å²) in [4.78, 5) is 11.0. The summed E-state index contributed by atoms with van der Waals surface area (Å²) in [6, 6.07) is 0. The summed E-state index contributed by atoms with van der Waals surface area (Å²) < 4.78 is 0. The molecule has 0 aromatic heterocycles. The minimum atomic E-state index is 0.143. The van der Waals surface area contributed by atoms with E-state index in [2.05, 4.69) is 33.0 Å². The molecule has 0 radical (unpaired) electrons. The van der Waals surface area contributed by atoms with Gasteiger partial charge in [-0.2, -0.15) is 0 Å². The molecule has 0 aromatic carbocycles. The van der Waals surface area contributed by atoms with E-state index in [1.54, 1.807) is 0 Å². The molecular weight excluding hydrogens is 138 g/mol. The average molecular weight is 155 g/mol. The largest absolute Gasteiger partial charge is 0.356 e. The fourth-order valence-corrected chi connectivity index (χ4v) is 1.30. The van der Waals surface area contributed by atoms with Gasteiger partial charge in [0.15, 0.2) is 0 Å². The van der Waals surface area contributed by atoms with Gasteiger partial charge in [0, 0.05) is 13.0 Å². The number of rotatable bonds is 0. The van der Waals surface area contributed by atoms with Crippen LogP contribution in [0, 0.1) is 10.8 Å². The molecule has 1 aliphatic rings. The minimum Gasteiger partial charge on any atom is -0.356 e. The SMILES string of the molecule is CC(C)(C)C1(C)CNC(=O)C1. The quantitative estimate of drug-likeness (QED) is 0.565. The summed E-state index contributed by atoms with van der Waals surface area (Å²) in [5.41, 5.74) is 0.357. The zero-order valence-corrected chi connectivity index (χ0v) is 7.82. The highest BCUT2D eigenvalue weighted by Gasteiger charge is 2.43. The van der Waals surface area contributed by atoms with Gasteiger partial charge in [0.25, 0.3) is 0 Å². The highest BCUT2D eigenvalue weighted by Crippen LogP contribution is 2.42. The molecule has 1 fully saturated rings. The Morgan fingerprint density at radius 3 is 2.18 bits per heavy atom. The number of carbonyl (C=O) groups excluding carboxylic acids is 1. The van der Waals surface area contributed by atoms with Crippen LogP contribution < -0.4 is 5.32 Å². The average Bonchev–Trinajstić information content (AvgIpc) is 2.10. The Morgan fingerprint density at radius 2 is 2.00 bits per heavy atom. The van der Waals surface area contributed by atoms with E-state index in [-0.39, 0.29) is 16.7 Å². The lowest BCUT2D eigenvalue weighted by molar-refractivity contribution is -0.120. The van der Waals surface area contributed by atoms with Crippen LogP contribution in [0.15, 0.2) is 0 Å². The molecule has 1 amide bonds. The molecule has 1 rings (SSSR count). The molecule has 0 aromatic rings. The van der Waals surface area contributed by atoms with Crippen molar-refractivity contribution >= 4 is 5.91 Å². The van der Waals surface area contributed by atoms with E-state index in [0.717, 1.165) is 6.54 Å². The molecule has 1 aliphatic heterocycles. The van der Waals surface area contributed by atoms with Gasteiger partial charge in [-0.15, -0.1) is 0 Å². The molecule has 1 N–H and O–H groups in total. The maximum absolute atomic E-state index is 11.0. The third-order valence-corrected chi connectivity index (χ3v) is 3.04. The molecule has 1 saturated heterocycles. The number of amides is 1. The monoisotopic (exact) mass is 155 g/mol. The van der Waals surface area contributed by atoms with Crippen LogP contribution in [0.25, 0.3) is 0 Å². The second kappa shape index (κ2) is 2.23. The number of hydrogen-bond donors (Lipinski definition) is 1. The van der Waals surface area contributed by atoms with Crippen molar-refractivity contribution in [2.45, 2.75) is 34.1 Å². The summed E-state index contributed by atoms with van der Waals surface area (Å²) in [7, 11) is 0. The summed E-state index contributed by atoms with van der Waals surface area (Å²) in [6.45, 7) is 9.56. The van der Waals surface area contributed by atoms with Gasteiger partial charge < -0.3 is 5.32 Å². The Hall–Kier alpha value is -0.530. The summed E-state index contributed by atoms with van der Waals surface area (Å²) in [5.74, 6) is 0.197. The lowest BCUT2D eigenvalue weighted by atomic mass is 9.67. The van der Waals surface area contributed by atoms with Crippen molar-refractivity contribution in [3.05, 3.63) is 0 Å². The van der Waals surface area contributed by atoms with Gasteiger partial charge in [0.2, 0.25) is 5.91 Å². The maximum atomic E-state index is 11.0. The van der Waals surface area contributed by atoms with Crippen molar-refractivity contribution in [2.75, 3.05) is 6.54 Å². The van der Waals surface area contributed by atoms with Gasteiger partial charge in [-0.1, -0.05) is 27.7 Å². The molecular formula is C9H17NO. The highest BCUT2D eigenvalue weighted by molar-refractivity contribution is 5.79. The lowest BCUT2D eigenvalue weighted by Crippen LogP contribution is -2.34. The standard InChI is InChI=1S/C9H17NO/c1-8(2,3)9(4)5-7(11)10-6-9/h5-6H2,1-4H3,(H,10,11). The van der Waals surface area contributed by atoms with Gasteiger partial charge >= 0.3 is 0 Å². The molecule has 0 spiro atoms. The Morgan fingerprint density at radius 1 is 1.45 bits per heavy atom. The van der Waals surface area contributed by atoms with Crippen molar-refractivity contribution in [1.82, 2.24) is 5.32 Å². The predicted molar refractivity (Wildman–Crippen MR) is 45.2 cm³/mol. The maximum Gasteiger partial charge on any atom is 0.220 e. The van der Waals surface area contributed by atoms with Crippen molar-refractivity contribution in [1.29, 1.82) is 0 Å².